The lowest BCUT2D eigenvalue weighted by Crippen LogP contribution is -2.05. The third kappa shape index (κ3) is 2.72. The second-order valence-corrected chi connectivity index (χ2v) is 5.55. The van der Waals surface area contributed by atoms with Crippen LogP contribution in [0.15, 0.2) is 34.8 Å². The quantitative estimate of drug-likeness (QED) is 0.695. The lowest BCUT2D eigenvalue weighted by molar-refractivity contribution is 0.103. The SMILES string of the molecule is Cc1cc(Cl)c(C(=O)c2cccc(F)c2Br)cc1C. The zero-order valence-corrected chi connectivity index (χ0v) is 12.8. The van der Waals surface area contributed by atoms with E-state index in [9.17, 15) is 9.18 Å². The molecule has 0 fully saturated rings. The summed E-state index contributed by atoms with van der Waals surface area (Å²) >= 11 is 9.21. The Labute approximate surface area is 124 Å². The molecule has 0 N–H and O–H groups in total. The molecule has 0 aromatic heterocycles. The van der Waals surface area contributed by atoms with Crippen LogP contribution in [0.1, 0.15) is 27.0 Å². The van der Waals surface area contributed by atoms with E-state index < -0.39 is 5.82 Å². The van der Waals surface area contributed by atoms with Gasteiger partial charge in [-0.15, -0.1) is 0 Å². The normalized spacial score (nSPS) is 10.6. The average Bonchev–Trinajstić information content (AvgIpc) is 2.36. The molecule has 0 unspecified atom stereocenters. The highest BCUT2D eigenvalue weighted by Crippen LogP contribution is 2.27. The summed E-state index contributed by atoms with van der Waals surface area (Å²) in [7, 11) is 0. The third-order valence-electron chi connectivity index (χ3n) is 3.02. The smallest absolute Gasteiger partial charge is 0.195 e. The molecule has 98 valence electrons. The highest BCUT2D eigenvalue weighted by atomic mass is 79.9. The van der Waals surface area contributed by atoms with Gasteiger partial charge in [0.15, 0.2) is 5.78 Å². The van der Waals surface area contributed by atoms with Crippen LogP contribution in [0.2, 0.25) is 5.02 Å². The molecule has 0 heterocycles. The van der Waals surface area contributed by atoms with Crippen LogP contribution in [0.25, 0.3) is 0 Å². The van der Waals surface area contributed by atoms with Crippen molar-refractivity contribution in [1.29, 1.82) is 0 Å². The van der Waals surface area contributed by atoms with Gasteiger partial charge in [0.1, 0.15) is 5.82 Å². The van der Waals surface area contributed by atoms with Crippen LogP contribution in [0, 0.1) is 19.7 Å². The first-order valence-corrected chi connectivity index (χ1v) is 6.84. The van der Waals surface area contributed by atoms with Gasteiger partial charge in [-0.25, -0.2) is 4.39 Å². The van der Waals surface area contributed by atoms with E-state index in [0.717, 1.165) is 11.1 Å². The van der Waals surface area contributed by atoms with Crippen molar-refractivity contribution in [2.45, 2.75) is 13.8 Å². The van der Waals surface area contributed by atoms with Crippen LogP contribution >= 0.6 is 27.5 Å². The molecule has 0 bridgehead atoms. The second kappa shape index (κ2) is 5.43. The van der Waals surface area contributed by atoms with Crippen molar-refractivity contribution < 1.29 is 9.18 Å². The maximum atomic E-state index is 13.5. The Morgan fingerprint density at radius 2 is 1.79 bits per heavy atom. The Morgan fingerprint density at radius 3 is 2.47 bits per heavy atom. The summed E-state index contributed by atoms with van der Waals surface area (Å²) in [6, 6.07) is 7.85. The number of carbonyl (C=O) groups excluding carboxylic acids is 1. The zero-order chi connectivity index (χ0) is 14.2. The Morgan fingerprint density at radius 1 is 1.16 bits per heavy atom. The van der Waals surface area contributed by atoms with Gasteiger partial charge in [0.25, 0.3) is 0 Å². The summed E-state index contributed by atoms with van der Waals surface area (Å²) in [6.07, 6.45) is 0. The fraction of sp³-hybridized carbons (Fsp3) is 0.133. The van der Waals surface area contributed by atoms with E-state index in [-0.39, 0.29) is 15.8 Å². The number of rotatable bonds is 2. The molecule has 2 aromatic carbocycles. The zero-order valence-electron chi connectivity index (χ0n) is 10.4. The first kappa shape index (κ1) is 14.2. The first-order chi connectivity index (χ1) is 8.91. The maximum absolute atomic E-state index is 13.5. The predicted molar refractivity (Wildman–Crippen MR) is 78.5 cm³/mol. The summed E-state index contributed by atoms with van der Waals surface area (Å²) in [5.41, 5.74) is 2.64. The number of benzene rings is 2. The minimum atomic E-state index is -0.467. The second-order valence-electron chi connectivity index (χ2n) is 4.35. The molecule has 0 saturated carbocycles. The van der Waals surface area contributed by atoms with Crippen molar-refractivity contribution >= 4 is 33.3 Å². The van der Waals surface area contributed by atoms with Crippen LogP contribution in [0.4, 0.5) is 4.39 Å². The van der Waals surface area contributed by atoms with Crippen molar-refractivity contribution in [1.82, 2.24) is 0 Å². The van der Waals surface area contributed by atoms with Crippen molar-refractivity contribution in [3.63, 3.8) is 0 Å². The fourth-order valence-corrected chi connectivity index (χ4v) is 2.53. The van der Waals surface area contributed by atoms with Crippen LogP contribution in [0.3, 0.4) is 0 Å². The van der Waals surface area contributed by atoms with Gasteiger partial charge in [0, 0.05) is 11.1 Å². The number of ketones is 1. The summed E-state index contributed by atoms with van der Waals surface area (Å²) in [6.45, 7) is 3.83. The number of hydrogen-bond donors (Lipinski definition) is 0. The van der Waals surface area contributed by atoms with Crippen LogP contribution in [-0.2, 0) is 0 Å². The van der Waals surface area contributed by atoms with E-state index in [0.29, 0.717) is 10.6 Å². The molecule has 2 rings (SSSR count). The monoisotopic (exact) mass is 340 g/mol. The third-order valence-corrected chi connectivity index (χ3v) is 4.14. The van der Waals surface area contributed by atoms with E-state index in [1.54, 1.807) is 18.2 Å². The molecule has 0 atom stereocenters. The molecule has 4 heteroatoms. The topological polar surface area (TPSA) is 17.1 Å². The van der Waals surface area contributed by atoms with E-state index >= 15 is 0 Å². The van der Waals surface area contributed by atoms with Gasteiger partial charge < -0.3 is 0 Å². The summed E-state index contributed by atoms with van der Waals surface area (Å²) in [4.78, 5) is 12.4. The van der Waals surface area contributed by atoms with Gasteiger partial charge in [-0.05, 0) is 65.2 Å². The fourth-order valence-electron chi connectivity index (χ4n) is 1.78. The molecular weight excluding hydrogens is 331 g/mol. The number of hydrogen-bond acceptors (Lipinski definition) is 1. The van der Waals surface area contributed by atoms with Gasteiger partial charge >= 0.3 is 0 Å². The molecule has 19 heavy (non-hydrogen) atoms. The molecule has 1 nitrogen and oxygen atoms in total. The predicted octanol–water partition coefficient (Wildman–Crippen LogP) is 5.09. The summed E-state index contributed by atoms with van der Waals surface area (Å²) < 4.78 is 13.6. The van der Waals surface area contributed by atoms with Gasteiger partial charge in [-0.1, -0.05) is 17.7 Å². The molecule has 0 saturated heterocycles. The average molecular weight is 342 g/mol. The Kier molecular flexibility index (Phi) is 4.07. The van der Waals surface area contributed by atoms with Crippen LogP contribution in [0.5, 0.6) is 0 Å². The molecular formula is C15H11BrClFO. The standard InChI is InChI=1S/C15H11BrClFO/c1-8-6-11(12(17)7-9(8)2)15(19)10-4-3-5-13(18)14(10)16/h3-7H,1-2H3. The molecule has 2 aromatic rings. The minimum absolute atomic E-state index is 0.161. The van der Waals surface area contributed by atoms with Gasteiger partial charge in [-0.3, -0.25) is 4.79 Å². The molecule has 0 aliphatic carbocycles. The van der Waals surface area contributed by atoms with Gasteiger partial charge in [0.05, 0.1) is 9.50 Å². The summed E-state index contributed by atoms with van der Waals surface area (Å²) in [5, 5.41) is 0.379. The Hall–Kier alpha value is -1.19. The molecule has 0 amide bonds. The first-order valence-electron chi connectivity index (χ1n) is 5.67. The van der Waals surface area contributed by atoms with E-state index in [1.165, 1.54) is 12.1 Å². The molecule has 0 aliphatic heterocycles. The molecule has 0 aliphatic rings. The van der Waals surface area contributed by atoms with E-state index in [2.05, 4.69) is 15.9 Å². The Bertz CT molecular complexity index is 667. The van der Waals surface area contributed by atoms with E-state index in [4.69, 9.17) is 11.6 Å². The molecule has 0 spiro atoms. The molecule has 0 radical (unpaired) electrons. The lowest BCUT2D eigenvalue weighted by atomic mass is 9.99. The van der Waals surface area contributed by atoms with Crippen LogP contribution < -0.4 is 0 Å². The Balaban J connectivity index is 2.56. The van der Waals surface area contributed by atoms with Gasteiger partial charge in [-0.2, -0.15) is 0 Å². The van der Waals surface area contributed by atoms with E-state index in [1.807, 2.05) is 13.8 Å². The summed E-state index contributed by atoms with van der Waals surface area (Å²) in [5.74, 6) is -0.759. The minimum Gasteiger partial charge on any atom is -0.289 e. The number of aryl methyl sites for hydroxylation is 2. The maximum Gasteiger partial charge on any atom is 0.195 e. The highest BCUT2D eigenvalue weighted by molar-refractivity contribution is 9.10. The largest absolute Gasteiger partial charge is 0.289 e. The van der Waals surface area contributed by atoms with Crippen molar-refractivity contribution in [2.24, 2.45) is 0 Å². The van der Waals surface area contributed by atoms with Crippen molar-refractivity contribution in [2.75, 3.05) is 0 Å². The number of carbonyl (C=O) groups is 1. The van der Waals surface area contributed by atoms with Crippen molar-refractivity contribution in [3.05, 3.63) is 67.9 Å². The van der Waals surface area contributed by atoms with Crippen LogP contribution in [-0.4, -0.2) is 5.78 Å². The highest BCUT2D eigenvalue weighted by Gasteiger charge is 2.18. The lowest BCUT2D eigenvalue weighted by Gasteiger charge is -2.09. The van der Waals surface area contributed by atoms with Gasteiger partial charge in [0.2, 0.25) is 0 Å². The van der Waals surface area contributed by atoms with Crippen molar-refractivity contribution in [3.8, 4) is 0 Å². The number of halogens is 3.